The predicted octanol–water partition coefficient (Wildman–Crippen LogP) is 3.36. The van der Waals surface area contributed by atoms with E-state index in [0.717, 1.165) is 29.0 Å². The van der Waals surface area contributed by atoms with Crippen molar-refractivity contribution in [3.8, 4) is 11.1 Å². The number of amides is 2. The number of ketones is 1. The maximum atomic E-state index is 12.5. The minimum atomic E-state index is -0.176. The SMILES string of the molecule is CCCN1CC(NC(=O)c2ccc(-c3ccsc3C(C)=O)cc2)CC1=O. The summed E-state index contributed by atoms with van der Waals surface area (Å²) in [5, 5.41) is 4.84. The maximum absolute atomic E-state index is 12.5. The highest BCUT2D eigenvalue weighted by Crippen LogP contribution is 2.29. The quantitative estimate of drug-likeness (QED) is 0.793. The van der Waals surface area contributed by atoms with E-state index in [4.69, 9.17) is 0 Å². The van der Waals surface area contributed by atoms with Crippen LogP contribution in [0.2, 0.25) is 0 Å². The Kier molecular flexibility index (Phi) is 5.52. The van der Waals surface area contributed by atoms with Crippen LogP contribution in [0.3, 0.4) is 0 Å². The number of nitrogens with zero attached hydrogens (tertiary/aromatic N) is 1. The summed E-state index contributed by atoms with van der Waals surface area (Å²) >= 11 is 1.42. The highest BCUT2D eigenvalue weighted by atomic mass is 32.1. The van der Waals surface area contributed by atoms with Crippen molar-refractivity contribution in [1.82, 2.24) is 10.2 Å². The summed E-state index contributed by atoms with van der Waals surface area (Å²) in [4.78, 5) is 38.6. The Hall–Kier alpha value is -2.47. The summed E-state index contributed by atoms with van der Waals surface area (Å²) in [6.45, 7) is 4.90. The van der Waals surface area contributed by atoms with Gasteiger partial charge < -0.3 is 10.2 Å². The van der Waals surface area contributed by atoms with Crippen LogP contribution in [-0.4, -0.2) is 41.6 Å². The van der Waals surface area contributed by atoms with E-state index >= 15 is 0 Å². The van der Waals surface area contributed by atoms with Gasteiger partial charge in [-0.05, 0) is 42.5 Å². The zero-order chi connectivity index (χ0) is 18.7. The van der Waals surface area contributed by atoms with Crippen molar-refractivity contribution in [1.29, 1.82) is 0 Å². The van der Waals surface area contributed by atoms with E-state index in [1.807, 2.05) is 30.5 Å². The molecule has 26 heavy (non-hydrogen) atoms. The van der Waals surface area contributed by atoms with E-state index < -0.39 is 0 Å². The van der Waals surface area contributed by atoms with Gasteiger partial charge in [-0.25, -0.2) is 0 Å². The summed E-state index contributed by atoms with van der Waals surface area (Å²) < 4.78 is 0. The zero-order valence-corrected chi connectivity index (χ0v) is 15.8. The van der Waals surface area contributed by atoms with Crippen LogP contribution in [0.4, 0.5) is 0 Å². The molecule has 5 nitrogen and oxygen atoms in total. The number of Topliss-reactive ketones (excluding diaryl/α,β-unsaturated/α-hetero) is 1. The van der Waals surface area contributed by atoms with Crippen LogP contribution in [0.25, 0.3) is 11.1 Å². The van der Waals surface area contributed by atoms with Gasteiger partial charge >= 0.3 is 0 Å². The molecule has 2 heterocycles. The number of nitrogens with one attached hydrogen (secondary N) is 1. The minimum absolute atomic E-state index is 0.0411. The third-order valence-corrected chi connectivity index (χ3v) is 5.50. The number of carbonyl (C=O) groups is 3. The molecule has 136 valence electrons. The number of likely N-dealkylation sites (tertiary alicyclic amines) is 1. The first-order chi connectivity index (χ1) is 12.5. The van der Waals surface area contributed by atoms with E-state index in [9.17, 15) is 14.4 Å². The van der Waals surface area contributed by atoms with Crippen molar-refractivity contribution in [3.63, 3.8) is 0 Å². The molecule has 0 aliphatic carbocycles. The van der Waals surface area contributed by atoms with Gasteiger partial charge in [0.1, 0.15) is 0 Å². The number of thiophene rings is 1. The molecule has 1 fully saturated rings. The lowest BCUT2D eigenvalue weighted by Gasteiger charge is -2.16. The van der Waals surface area contributed by atoms with Gasteiger partial charge in [-0.1, -0.05) is 19.1 Å². The molecular weight excluding hydrogens is 348 g/mol. The minimum Gasteiger partial charge on any atom is -0.347 e. The molecule has 6 heteroatoms. The first-order valence-corrected chi connectivity index (χ1v) is 9.65. The van der Waals surface area contributed by atoms with E-state index in [1.165, 1.54) is 11.3 Å². The Morgan fingerprint density at radius 2 is 1.96 bits per heavy atom. The maximum Gasteiger partial charge on any atom is 0.251 e. The molecule has 0 spiro atoms. The number of rotatable bonds is 6. The van der Waals surface area contributed by atoms with E-state index in [0.29, 0.717) is 18.5 Å². The molecule has 1 aromatic carbocycles. The first-order valence-electron chi connectivity index (χ1n) is 8.77. The van der Waals surface area contributed by atoms with Crippen molar-refractivity contribution >= 4 is 28.9 Å². The highest BCUT2D eigenvalue weighted by Gasteiger charge is 2.30. The topological polar surface area (TPSA) is 66.5 Å². The zero-order valence-electron chi connectivity index (χ0n) is 15.0. The fourth-order valence-corrected chi connectivity index (χ4v) is 4.05. The van der Waals surface area contributed by atoms with Crippen molar-refractivity contribution < 1.29 is 14.4 Å². The van der Waals surface area contributed by atoms with Gasteiger partial charge in [0, 0.05) is 30.6 Å². The second kappa shape index (κ2) is 7.83. The number of carbonyl (C=O) groups excluding carboxylic acids is 3. The molecule has 2 aromatic rings. The molecule has 1 aliphatic rings. The third kappa shape index (κ3) is 3.85. The smallest absolute Gasteiger partial charge is 0.251 e. The number of hydrogen-bond acceptors (Lipinski definition) is 4. The molecule has 3 rings (SSSR count). The molecule has 1 N–H and O–H groups in total. The molecule has 0 radical (unpaired) electrons. The van der Waals surface area contributed by atoms with Gasteiger partial charge in [0.2, 0.25) is 5.91 Å². The van der Waals surface area contributed by atoms with Crippen LogP contribution in [0.1, 0.15) is 46.7 Å². The van der Waals surface area contributed by atoms with Crippen LogP contribution in [0.15, 0.2) is 35.7 Å². The second-order valence-electron chi connectivity index (χ2n) is 6.51. The summed E-state index contributed by atoms with van der Waals surface area (Å²) in [5.41, 5.74) is 2.36. The van der Waals surface area contributed by atoms with Gasteiger partial charge in [-0.2, -0.15) is 0 Å². The van der Waals surface area contributed by atoms with Gasteiger partial charge in [0.05, 0.1) is 10.9 Å². The lowest BCUT2D eigenvalue weighted by molar-refractivity contribution is -0.127. The molecule has 0 saturated carbocycles. The van der Waals surface area contributed by atoms with Gasteiger partial charge in [0.15, 0.2) is 5.78 Å². The standard InChI is InChI=1S/C20H22N2O3S/c1-3-9-22-12-16(11-18(22)24)21-20(25)15-6-4-14(5-7-15)17-8-10-26-19(17)13(2)23/h4-8,10,16H,3,9,11-12H2,1-2H3,(H,21,25). The van der Waals surface area contributed by atoms with Crippen LogP contribution in [0, 0.1) is 0 Å². The highest BCUT2D eigenvalue weighted by molar-refractivity contribution is 7.12. The molecule has 1 saturated heterocycles. The Morgan fingerprint density at radius 1 is 1.23 bits per heavy atom. The third-order valence-electron chi connectivity index (χ3n) is 4.49. The molecule has 1 atom stereocenters. The average Bonchev–Trinajstić information content (AvgIpc) is 3.23. The monoisotopic (exact) mass is 370 g/mol. The number of benzene rings is 1. The van der Waals surface area contributed by atoms with Crippen molar-refractivity contribution in [2.75, 3.05) is 13.1 Å². The molecule has 1 unspecified atom stereocenters. The lowest BCUT2D eigenvalue weighted by atomic mass is 10.0. The summed E-state index contributed by atoms with van der Waals surface area (Å²) in [5.74, 6) is -0.0362. The Bertz CT molecular complexity index is 826. The lowest BCUT2D eigenvalue weighted by Crippen LogP contribution is -2.37. The first kappa shape index (κ1) is 18.3. The average molecular weight is 370 g/mol. The van der Waals surface area contributed by atoms with E-state index in [-0.39, 0.29) is 23.6 Å². The van der Waals surface area contributed by atoms with E-state index in [2.05, 4.69) is 5.32 Å². The second-order valence-corrected chi connectivity index (χ2v) is 7.43. The predicted molar refractivity (Wildman–Crippen MR) is 103 cm³/mol. The number of hydrogen-bond donors (Lipinski definition) is 1. The normalized spacial score (nSPS) is 16.8. The summed E-state index contributed by atoms with van der Waals surface area (Å²) in [6, 6.07) is 9.00. The summed E-state index contributed by atoms with van der Waals surface area (Å²) in [6.07, 6.45) is 1.28. The Labute approximate surface area is 157 Å². The van der Waals surface area contributed by atoms with Crippen molar-refractivity contribution in [2.24, 2.45) is 0 Å². The largest absolute Gasteiger partial charge is 0.347 e. The fourth-order valence-electron chi connectivity index (χ4n) is 3.23. The van der Waals surface area contributed by atoms with Crippen LogP contribution < -0.4 is 5.32 Å². The molecule has 0 bridgehead atoms. The van der Waals surface area contributed by atoms with Crippen molar-refractivity contribution in [2.45, 2.75) is 32.7 Å². The Morgan fingerprint density at radius 3 is 2.62 bits per heavy atom. The summed E-state index contributed by atoms with van der Waals surface area (Å²) in [7, 11) is 0. The van der Waals surface area contributed by atoms with Crippen LogP contribution in [0.5, 0.6) is 0 Å². The molecule has 1 aliphatic heterocycles. The van der Waals surface area contributed by atoms with Crippen LogP contribution in [-0.2, 0) is 4.79 Å². The van der Waals surface area contributed by atoms with E-state index in [1.54, 1.807) is 24.0 Å². The van der Waals surface area contributed by atoms with Crippen molar-refractivity contribution in [3.05, 3.63) is 46.2 Å². The fraction of sp³-hybridized carbons (Fsp3) is 0.350. The van der Waals surface area contributed by atoms with Gasteiger partial charge in [-0.3, -0.25) is 14.4 Å². The molecular formula is C20H22N2O3S. The van der Waals surface area contributed by atoms with Gasteiger partial charge in [-0.15, -0.1) is 11.3 Å². The molecule has 2 amide bonds. The molecule has 1 aromatic heterocycles. The van der Waals surface area contributed by atoms with Gasteiger partial charge in [0.25, 0.3) is 5.91 Å². The Balaban J connectivity index is 1.67. The van der Waals surface area contributed by atoms with Crippen LogP contribution >= 0.6 is 11.3 Å².